The number of fused-ring (bicyclic) bond motifs is 2. The van der Waals surface area contributed by atoms with Crippen molar-refractivity contribution >= 4 is 5.84 Å². The van der Waals surface area contributed by atoms with Crippen LogP contribution in [0, 0.1) is 5.41 Å². The Bertz CT molecular complexity index is 525. The summed E-state index contributed by atoms with van der Waals surface area (Å²) in [5.74, 6) is -0.546. The van der Waals surface area contributed by atoms with Gasteiger partial charge in [0.2, 0.25) is 0 Å². The monoisotopic (exact) mass is 246 g/mol. The van der Waals surface area contributed by atoms with Crippen LogP contribution in [0.25, 0.3) is 0 Å². The largest absolute Gasteiger partial charge is 0.315 e. The number of hydrogen-bond acceptors (Lipinski definition) is 3. The second kappa shape index (κ2) is 3.33. The van der Waals surface area contributed by atoms with E-state index in [1.54, 1.807) is 0 Å². The van der Waals surface area contributed by atoms with Crippen LogP contribution in [0.3, 0.4) is 0 Å². The Hall–Kier alpha value is -1.39. The van der Waals surface area contributed by atoms with E-state index in [0.29, 0.717) is 5.84 Å². The summed E-state index contributed by atoms with van der Waals surface area (Å²) in [7, 11) is 0. The highest BCUT2D eigenvalue weighted by atomic mass is 16.9. The van der Waals surface area contributed by atoms with E-state index in [1.165, 1.54) is 0 Å². The fourth-order valence-electron chi connectivity index (χ4n) is 2.68. The van der Waals surface area contributed by atoms with Gasteiger partial charge in [0.15, 0.2) is 6.29 Å². The highest BCUT2D eigenvalue weighted by molar-refractivity contribution is 6.03. The van der Waals surface area contributed by atoms with Crippen LogP contribution < -0.4 is 5.32 Å². The van der Waals surface area contributed by atoms with Crippen molar-refractivity contribution in [1.82, 2.24) is 5.32 Å². The van der Waals surface area contributed by atoms with E-state index >= 15 is 0 Å². The molecule has 1 saturated heterocycles. The highest BCUT2D eigenvalue weighted by Crippen LogP contribution is 2.44. The van der Waals surface area contributed by atoms with Gasteiger partial charge in [-0.05, 0) is 17.9 Å². The quantitative estimate of drug-likeness (QED) is 0.739. The van der Waals surface area contributed by atoms with Crippen LogP contribution in [0.2, 0.25) is 0 Å². The van der Waals surface area contributed by atoms with Gasteiger partial charge in [-0.3, -0.25) is 14.9 Å². The van der Waals surface area contributed by atoms with Gasteiger partial charge in [0, 0.05) is 11.1 Å². The van der Waals surface area contributed by atoms with E-state index in [1.807, 2.05) is 19.1 Å². The number of nitrogens with one attached hydrogen (secondary N) is 2. The van der Waals surface area contributed by atoms with Gasteiger partial charge in [0.1, 0.15) is 5.84 Å². The molecule has 0 aromatic heterocycles. The zero-order valence-electron chi connectivity index (χ0n) is 11.1. The minimum Gasteiger partial charge on any atom is -0.315 e. The van der Waals surface area contributed by atoms with Crippen LogP contribution in [-0.4, -0.2) is 12.1 Å². The van der Waals surface area contributed by atoms with E-state index in [0.717, 1.165) is 16.7 Å². The molecule has 0 bridgehead atoms. The molecule has 2 aliphatic rings. The zero-order chi connectivity index (χ0) is 13.1. The Balaban J connectivity index is 2.16. The lowest BCUT2D eigenvalue weighted by Gasteiger charge is -2.43. The lowest BCUT2D eigenvalue weighted by atomic mass is 9.82. The molecule has 0 saturated carbocycles. The van der Waals surface area contributed by atoms with E-state index in [4.69, 9.17) is 14.9 Å². The molecule has 2 aliphatic heterocycles. The molecular weight excluding hydrogens is 228 g/mol. The summed E-state index contributed by atoms with van der Waals surface area (Å²) in [5.41, 5.74) is 2.95. The lowest BCUT2D eigenvalue weighted by Crippen LogP contribution is -2.57. The standard InChI is InChI=1S/C14H18N2O2/c1-8-17-14(18-8)10-7-5-6-9(13(2,3)4)11(10)12(15)16-14/h5-8H,1-4H3,(H2,15,16). The van der Waals surface area contributed by atoms with Gasteiger partial charge in [0.05, 0.1) is 0 Å². The van der Waals surface area contributed by atoms with Crippen molar-refractivity contribution in [2.45, 2.75) is 45.3 Å². The topological polar surface area (TPSA) is 54.3 Å². The molecule has 0 radical (unpaired) electrons. The Morgan fingerprint density at radius 2 is 1.94 bits per heavy atom. The Labute approximate surface area is 107 Å². The SMILES string of the molecule is CC1OC2(NC(=N)c3c(C(C)(C)C)cccc32)O1. The third kappa shape index (κ3) is 1.42. The Morgan fingerprint density at radius 3 is 2.50 bits per heavy atom. The van der Waals surface area contributed by atoms with E-state index in [2.05, 4.69) is 32.2 Å². The normalized spacial score (nSPS) is 30.0. The van der Waals surface area contributed by atoms with Crippen molar-refractivity contribution < 1.29 is 9.47 Å². The lowest BCUT2D eigenvalue weighted by molar-refractivity contribution is -0.461. The molecule has 4 heteroatoms. The average Bonchev–Trinajstić information content (AvgIpc) is 2.51. The molecule has 1 fully saturated rings. The minimum absolute atomic E-state index is 0.0137. The second-order valence-corrected chi connectivity index (χ2v) is 5.90. The molecule has 2 heterocycles. The molecular formula is C14H18N2O2. The van der Waals surface area contributed by atoms with Gasteiger partial charge in [-0.15, -0.1) is 0 Å². The van der Waals surface area contributed by atoms with Crippen molar-refractivity contribution in [3.8, 4) is 0 Å². The molecule has 96 valence electrons. The molecule has 18 heavy (non-hydrogen) atoms. The van der Waals surface area contributed by atoms with Crippen molar-refractivity contribution in [2.75, 3.05) is 0 Å². The van der Waals surface area contributed by atoms with Gasteiger partial charge in [0.25, 0.3) is 5.91 Å². The first-order valence-corrected chi connectivity index (χ1v) is 6.20. The van der Waals surface area contributed by atoms with E-state index < -0.39 is 5.91 Å². The number of ether oxygens (including phenoxy) is 2. The summed E-state index contributed by atoms with van der Waals surface area (Å²) in [4.78, 5) is 0. The molecule has 3 rings (SSSR count). The minimum atomic E-state index is -0.924. The second-order valence-electron chi connectivity index (χ2n) is 5.90. The summed E-state index contributed by atoms with van der Waals surface area (Å²) in [5, 5.41) is 11.2. The summed E-state index contributed by atoms with van der Waals surface area (Å²) in [6.45, 7) is 8.28. The first kappa shape index (κ1) is 11.7. The maximum atomic E-state index is 8.14. The predicted octanol–water partition coefficient (Wildman–Crippen LogP) is 2.42. The maximum Gasteiger partial charge on any atom is 0.284 e. The van der Waals surface area contributed by atoms with Crippen LogP contribution in [0.15, 0.2) is 18.2 Å². The third-order valence-electron chi connectivity index (χ3n) is 3.43. The Kier molecular flexibility index (Phi) is 2.17. The van der Waals surface area contributed by atoms with Gasteiger partial charge in [-0.2, -0.15) is 0 Å². The third-order valence-corrected chi connectivity index (χ3v) is 3.43. The molecule has 1 aromatic carbocycles. The number of amidine groups is 1. The molecule has 1 aromatic rings. The highest BCUT2D eigenvalue weighted by Gasteiger charge is 2.54. The van der Waals surface area contributed by atoms with Crippen LogP contribution in [0.5, 0.6) is 0 Å². The van der Waals surface area contributed by atoms with Gasteiger partial charge in [-0.1, -0.05) is 39.0 Å². The number of hydrogen-bond donors (Lipinski definition) is 2. The van der Waals surface area contributed by atoms with Crippen molar-refractivity contribution in [1.29, 1.82) is 5.41 Å². The van der Waals surface area contributed by atoms with E-state index in [-0.39, 0.29) is 11.7 Å². The zero-order valence-corrected chi connectivity index (χ0v) is 11.1. The molecule has 1 spiro atoms. The molecule has 4 nitrogen and oxygen atoms in total. The van der Waals surface area contributed by atoms with Crippen LogP contribution in [0.1, 0.15) is 44.4 Å². The summed E-state index contributed by atoms with van der Waals surface area (Å²) < 4.78 is 11.4. The van der Waals surface area contributed by atoms with Gasteiger partial charge >= 0.3 is 0 Å². The van der Waals surface area contributed by atoms with Crippen molar-refractivity contribution in [2.24, 2.45) is 0 Å². The van der Waals surface area contributed by atoms with E-state index in [9.17, 15) is 0 Å². The smallest absolute Gasteiger partial charge is 0.284 e. The molecule has 0 unspecified atom stereocenters. The van der Waals surface area contributed by atoms with Gasteiger partial charge in [-0.25, -0.2) is 0 Å². The number of benzene rings is 1. The fourth-order valence-corrected chi connectivity index (χ4v) is 2.68. The molecule has 2 N–H and O–H groups in total. The number of rotatable bonds is 0. The van der Waals surface area contributed by atoms with Crippen molar-refractivity contribution in [3.63, 3.8) is 0 Å². The summed E-state index contributed by atoms with van der Waals surface area (Å²) in [6.07, 6.45) is -0.227. The molecule has 0 atom stereocenters. The van der Waals surface area contributed by atoms with Crippen LogP contribution >= 0.6 is 0 Å². The predicted molar refractivity (Wildman–Crippen MR) is 68.4 cm³/mol. The summed E-state index contributed by atoms with van der Waals surface area (Å²) >= 11 is 0. The Morgan fingerprint density at radius 1 is 1.28 bits per heavy atom. The average molecular weight is 246 g/mol. The van der Waals surface area contributed by atoms with Crippen molar-refractivity contribution in [3.05, 3.63) is 34.9 Å². The van der Waals surface area contributed by atoms with Crippen LogP contribution in [-0.2, 0) is 20.8 Å². The van der Waals surface area contributed by atoms with Crippen LogP contribution in [0.4, 0.5) is 0 Å². The maximum absolute atomic E-state index is 8.14. The first-order chi connectivity index (χ1) is 8.33. The molecule has 0 aliphatic carbocycles. The molecule has 0 amide bonds. The summed E-state index contributed by atoms with van der Waals surface area (Å²) in [6, 6.07) is 6.03. The fraction of sp³-hybridized carbons (Fsp3) is 0.500. The van der Waals surface area contributed by atoms with Gasteiger partial charge < -0.3 is 5.32 Å². The first-order valence-electron chi connectivity index (χ1n) is 6.20.